The van der Waals surface area contributed by atoms with Gasteiger partial charge >= 0.3 is 0 Å². The number of nitrogens with zero attached hydrogens (tertiary/aromatic N) is 2. The Balaban J connectivity index is 2.83. The molecule has 1 aromatic rings. The molecule has 0 saturated heterocycles. The van der Waals surface area contributed by atoms with Crippen LogP contribution in [0.2, 0.25) is 0 Å². The highest BCUT2D eigenvalue weighted by molar-refractivity contribution is 5.92. The SMILES string of the molecule is NCC#Cc1ccc(C(=O)N(CCO)CC(F)F)nc1. The molecule has 1 rings (SSSR count). The highest BCUT2D eigenvalue weighted by atomic mass is 19.3. The summed E-state index contributed by atoms with van der Waals surface area (Å²) in [5.41, 5.74) is 5.83. The van der Waals surface area contributed by atoms with Gasteiger partial charge in [-0.05, 0) is 12.1 Å². The zero-order valence-electron chi connectivity index (χ0n) is 10.7. The topological polar surface area (TPSA) is 79.5 Å². The zero-order valence-corrected chi connectivity index (χ0v) is 10.7. The second-order valence-corrected chi connectivity index (χ2v) is 3.80. The highest BCUT2D eigenvalue weighted by Gasteiger charge is 2.20. The van der Waals surface area contributed by atoms with E-state index in [9.17, 15) is 13.6 Å². The van der Waals surface area contributed by atoms with Crippen molar-refractivity contribution in [1.29, 1.82) is 0 Å². The number of amides is 1. The third-order valence-corrected chi connectivity index (χ3v) is 2.33. The largest absolute Gasteiger partial charge is 0.395 e. The van der Waals surface area contributed by atoms with E-state index in [1.165, 1.54) is 12.3 Å². The molecule has 0 bridgehead atoms. The number of alkyl halides is 2. The van der Waals surface area contributed by atoms with Gasteiger partial charge in [0.05, 0.1) is 19.7 Å². The number of nitrogens with two attached hydrogens (primary N) is 1. The van der Waals surface area contributed by atoms with E-state index in [0.717, 1.165) is 4.90 Å². The lowest BCUT2D eigenvalue weighted by Crippen LogP contribution is -2.37. The van der Waals surface area contributed by atoms with Gasteiger partial charge in [0.1, 0.15) is 5.69 Å². The van der Waals surface area contributed by atoms with Crippen LogP contribution in [0.5, 0.6) is 0 Å². The molecule has 1 heterocycles. The highest BCUT2D eigenvalue weighted by Crippen LogP contribution is 2.06. The molecule has 3 N–H and O–H groups in total. The minimum Gasteiger partial charge on any atom is -0.395 e. The van der Waals surface area contributed by atoms with E-state index < -0.39 is 25.5 Å². The Kier molecular flexibility index (Phi) is 6.56. The van der Waals surface area contributed by atoms with Crippen LogP contribution in [-0.2, 0) is 0 Å². The van der Waals surface area contributed by atoms with E-state index >= 15 is 0 Å². The smallest absolute Gasteiger partial charge is 0.272 e. The fourth-order valence-corrected chi connectivity index (χ4v) is 1.47. The predicted molar refractivity (Wildman–Crippen MR) is 69.2 cm³/mol. The van der Waals surface area contributed by atoms with Gasteiger partial charge in [-0.3, -0.25) is 4.79 Å². The van der Waals surface area contributed by atoms with Crippen LogP contribution in [0.25, 0.3) is 0 Å². The van der Waals surface area contributed by atoms with Crippen molar-refractivity contribution in [2.45, 2.75) is 6.43 Å². The summed E-state index contributed by atoms with van der Waals surface area (Å²) in [6.45, 7) is -1.09. The standard InChI is InChI=1S/C13H15F2N3O2/c14-12(15)9-18(6-7-19)13(20)11-4-3-10(8-17-11)2-1-5-16/h3-4,8,12,19H,5-7,9,16H2. The van der Waals surface area contributed by atoms with Crippen LogP contribution >= 0.6 is 0 Å². The minimum absolute atomic E-state index is 0.0254. The molecule has 7 heteroatoms. The van der Waals surface area contributed by atoms with Gasteiger partial charge in [-0.1, -0.05) is 11.8 Å². The average Bonchev–Trinajstić information content (AvgIpc) is 2.44. The number of hydrogen-bond donors (Lipinski definition) is 2. The van der Waals surface area contributed by atoms with Crippen molar-refractivity contribution in [2.24, 2.45) is 5.73 Å². The normalized spacial score (nSPS) is 10.1. The third-order valence-electron chi connectivity index (χ3n) is 2.33. The number of halogens is 2. The van der Waals surface area contributed by atoms with Crippen molar-refractivity contribution in [3.63, 3.8) is 0 Å². The van der Waals surface area contributed by atoms with E-state index in [1.54, 1.807) is 6.07 Å². The van der Waals surface area contributed by atoms with Gasteiger partial charge in [0, 0.05) is 18.3 Å². The number of hydrogen-bond acceptors (Lipinski definition) is 4. The molecule has 0 spiro atoms. The Morgan fingerprint density at radius 3 is 2.75 bits per heavy atom. The first-order valence-electron chi connectivity index (χ1n) is 5.91. The van der Waals surface area contributed by atoms with Gasteiger partial charge in [0.25, 0.3) is 12.3 Å². The monoisotopic (exact) mass is 283 g/mol. The van der Waals surface area contributed by atoms with Crippen molar-refractivity contribution in [1.82, 2.24) is 9.88 Å². The van der Waals surface area contributed by atoms with E-state index in [2.05, 4.69) is 16.8 Å². The molecule has 1 amide bonds. The van der Waals surface area contributed by atoms with Gasteiger partial charge < -0.3 is 15.7 Å². The summed E-state index contributed by atoms with van der Waals surface area (Å²) in [7, 11) is 0. The number of aromatic nitrogens is 1. The summed E-state index contributed by atoms with van der Waals surface area (Å²) < 4.78 is 24.7. The van der Waals surface area contributed by atoms with Crippen molar-refractivity contribution in [3.05, 3.63) is 29.6 Å². The molecule has 0 fully saturated rings. The van der Waals surface area contributed by atoms with Crippen LogP contribution in [-0.4, -0.2) is 53.6 Å². The van der Waals surface area contributed by atoms with E-state index in [-0.39, 0.29) is 18.8 Å². The van der Waals surface area contributed by atoms with Crippen LogP contribution in [0.15, 0.2) is 18.3 Å². The molecule has 0 radical (unpaired) electrons. The quantitative estimate of drug-likeness (QED) is 0.751. The maximum absolute atomic E-state index is 12.4. The number of pyridine rings is 1. The molecule has 5 nitrogen and oxygen atoms in total. The molecule has 0 aromatic carbocycles. The third kappa shape index (κ3) is 4.91. The van der Waals surface area contributed by atoms with Gasteiger partial charge in [-0.15, -0.1) is 0 Å². The van der Waals surface area contributed by atoms with Crippen LogP contribution in [0, 0.1) is 11.8 Å². The number of carbonyl (C=O) groups is 1. The van der Waals surface area contributed by atoms with Crippen LogP contribution in [0.4, 0.5) is 8.78 Å². The fraction of sp³-hybridized carbons (Fsp3) is 0.385. The lowest BCUT2D eigenvalue weighted by atomic mass is 10.2. The van der Waals surface area contributed by atoms with Gasteiger partial charge in [0.15, 0.2) is 0 Å². The Hall–Kier alpha value is -2.04. The van der Waals surface area contributed by atoms with Crippen molar-refractivity contribution in [3.8, 4) is 11.8 Å². The second-order valence-electron chi connectivity index (χ2n) is 3.80. The van der Waals surface area contributed by atoms with Gasteiger partial charge in [-0.2, -0.15) is 0 Å². The Labute approximate surface area is 115 Å². The molecule has 20 heavy (non-hydrogen) atoms. The van der Waals surface area contributed by atoms with Crippen molar-refractivity contribution >= 4 is 5.91 Å². The average molecular weight is 283 g/mol. The van der Waals surface area contributed by atoms with Gasteiger partial charge in [-0.25, -0.2) is 13.8 Å². The minimum atomic E-state index is -2.67. The number of rotatable bonds is 5. The molecule has 1 aromatic heterocycles. The summed E-state index contributed by atoms with van der Waals surface area (Å²) in [6.07, 6.45) is -1.30. The Morgan fingerprint density at radius 1 is 1.50 bits per heavy atom. The summed E-state index contributed by atoms with van der Waals surface area (Å²) in [6, 6.07) is 2.96. The first-order valence-corrected chi connectivity index (χ1v) is 5.91. The lowest BCUT2D eigenvalue weighted by molar-refractivity contribution is 0.0504. The van der Waals surface area contributed by atoms with Crippen molar-refractivity contribution in [2.75, 3.05) is 26.2 Å². The number of aliphatic hydroxyl groups is 1. The fourth-order valence-electron chi connectivity index (χ4n) is 1.47. The molecule has 108 valence electrons. The maximum atomic E-state index is 12.4. The number of carbonyl (C=O) groups excluding carboxylic acids is 1. The van der Waals surface area contributed by atoms with Crippen LogP contribution < -0.4 is 5.73 Å². The van der Waals surface area contributed by atoms with E-state index in [4.69, 9.17) is 10.8 Å². The Bertz CT molecular complexity index is 495. The van der Waals surface area contributed by atoms with Crippen molar-refractivity contribution < 1.29 is 18.7 Å². The first kappa shape index (κ1) is 16.0. The lowest BCUT2D eigenvalue weighted by Gasteiger charge is -2.20. The zero-order chi connectivity index (χ0) is 15.0. The molecule has 0 saturated carbocycles. The molecular weight excluding hydrogens is 268 g/mol. The van der Waals surface area contributed by atoms with Crippen LogP contribution in [0.3, 0.4) is 0 Å². The maximum Gasteiger partial charge on any atom is 0.272 e. The Morgan fingerprint density at radius 2 is 2.25 bits per heavy atom. The molecule has 0 atom stereocenters. The first-order chi connectivity index (χ1) is 9.58. The molecule has 0 aliphatic rings. The van der Waals surface area contributed by atoms with Gasteiger partial charge in [0.2, 0.25) is 0 Å². The molecular formula is C13H15F2N3O2. The van der Waals surface area contributed by atoms with E-state index in [0.29, 0.717) is 5.56 Å². The summed E-state index contributed by atoms with van der Waals surface area (Å²) in [5, 5.41) is 8.80. The predicted octanol–water partition coefficient (Wildman–Crippen LogP) is 0.0914. The van der Waals surface area contributed by atoms with Crippen LogP contribution in [0.1, 0.15) is 16.1 Å². The van der Waals surface area contributed by atoms with E-state index in [1.807, 2.05) is 0 Å². The number of aliphatic hydroxyl groups excluding tert-OH is 1. The summed E-state index contributed by atoms with van der Waals surface area (Å²) in [4.78, 5) is 16.7. The molecule has 0 unspecified atom stereocenters. The summed E-state index contributed by atoms with van der Waals surface area (Å²) in [5.74, 6) is 4.71. The molecule has 0 aliphatic heterocycles. The second kappa shape index (κ2) is 8.19. The molecule has 0 aliphatic carbocycles. The summed E-state index contributed by atoms with van der Waals surface area (Å²) >= 11 is 0.